The van der Waals surface area contributed by atoms with Gasteiger partial charge in [-0.2, -0.15) is 0 Å². The molecule has 1 aliphatic rings. The van der Waals surface area contributed by atoms with Crippen LogP contribution in [0.2, 0.25) is 0 Å². The van der Waals surface area contributed by atoms with E-state index in [1.165, 1.54) is 29.5 Å². The standard InChI is InChI=1S/C12H13Cl/c1-2-9-5-10(8-13)7-12(6-9)11-3-4-11/h2,5-7,11H,1,3-4,8H2. The Morgan fingerprint density at radius 2 is 2.15 bits per heavy atom. The maximum atomic E-state index is 5.82. The average Bonchev–Trinajstić information content (AvgIpc) is 3.00. The predicted molar refractivity (Wildman–Crippen MR) is 58.1 cm³/mol. The first-order chi connectivity index (χ1) is 6.33. The van der Waals surface area contributed by atoms with E-state index in [9.17, 15) is 0 Å². The second-order valence-electron chi connectivity index (χ2n) is 3.62. The lowest BCUT2D eigenvalue weighted by atomic mass is 10.0. The van der Waals surface area contributed by atoms with Crippen molar-refractivity contribution in [3.8, 4) is 0 Å². The number of halogens is 1. The largest absolute Gasteiger partial charge is 0.122 e. The molecule has 0 atom stereocenters. The Morgan fingerprint density at radius 1 is 1.38 bits per heavy atom. The van der Waals surface area contributed by atoms with Gasteiger partial charge in [-0.15, -0.1) is 11.6 Å². The van der Waals surface area contributed by atoms with Crippen molar-refractivity contribution in [1.29, 1.82) is 0 Å². The van der Waals surface area contributed by atoms with Gasteiger partial charge in [0.1, 0.15) is 0 Å². The molecule has 0 saturated heterocycles. The highest BCUT2D eigenvalue weighted by atomic mass is 35.5. The molecule has 0 unspecified atom stereocenters. The van der Waals surface area contributed by atoms with Gasteiger partial charge in [-0.25, -0.2) is 0 Å². The van der Waals surface area contributed by atoms with Gasteiger partial charge in [0.05, 0.1) is 0 Å². The fourth-order valence-electron chi connectivity index (χ4n) is 1.59. The van der Waals surface area contributed by atoms with Crippen molar-refractivity contribution in [2.75, 3.05) is 0 Å². The summed E-state index contributed by atoms with van der Waals surface area (Å²) in [5.74, 6) is 1.39. The fourth-order valence-corrected chi connectivity index (χ4v) is 1.75. The molecule has 0 radical (unpaired) electrons. The molecule has 1 aromatic carbocycles. The van der Waals surface area contributed by atoms with E-state index < -0.39 is 0 Å². The maximum Gasteiger partial charge on any atom is 0.0474 e. The number of hydrogen-bond acceptors (Lipinski definition) is 0. The molecule has 0 bridgehead atoms. The molecule has 13 heavy (non-hydrogen) atoms. The topological polar surface area (TPSA) is 0 Å². The number of hydrogen-bond donors (Lipinski definition) is 0. The Balaban J connectivity index is 2.38. The summed E-state index contributed by atoms with van der Waals surface area (Å²) in [5, 5.41) is 0. The summed E-state index contributed by atoms with van der Waals surface area (Å²) in [7, 11) is 0. The molecule has 0 heterocycles. The molecule has 0 nitrogen and oxygen atoms in total. The normalized spacial score (nSPS) is 15.8. The van der Waals surface area contributed by atoms with E-state index in [2.05, 4.69) is 24.8 Å². The lowest BCUT2D eigenvalue weighted by Crippen LogP contribution is -1.86. The Bertz CT molecular complexity index is 324. The van der Waals surface area contributed by atoms with Crippen LogP contribution in [0.5, 0.6) is 0 Å². The van der Waals surface area contributed by atoms with E-state index in [-0.39, 0.29) is 0 Å². The van der Waals surface area contributed by atoms with Gasteiger partial charge >= 0.3 is 0 Å². The minimum Gasteiger partial charge on any atom is -0.122 e. The van der Waals surface area contributed by atoms with Gasteiger partial charge in [0.2, 0.25) is 0 Å². The lowest BCUT2D eigenvalue weighted by molar-refractivity contribution is 1.12. The van der Waals surface area contributed by atoms with Crippen LogP contribution in [-0.2, 0) is 5.88 Å². The first kappa shape index (κ1) is 8.83. The molecule has 1 aliphatic carbocycles. The van der Waals surface area contributed by atoms with E-state index in [0.29, 0.717) is 5.88 Å². The Kier molecular flexibility index (Phi) is 2.41. The molecule has 0 aliphatic heterocycles. The Morgan fingerprint density at radius 3 is 2.69 bits per heavy atom. The molecule has 0 N–H and O–H groups in total. The van der Waals surface area contributed by atoms with E-state index in [4.69, 9.17) is 11.6 Å². The van der Waals surface area contributed by atoms with Crippen molar-refractivity contribution < 1.29 is 0 Å². The second-order valence-corrected chi connectivity index (χ2v) is 3.89. The Labute approximate surface area is 84.2 Å². The first-order valence-corrected chi connectivity index (χ1v) is 5.19. The van der Waals surface area contributed by atoms with Gasteiger partial charge < -0.3 is 0 Å². The third-order valence-corrected chi connectivity index (χ3v) is 2.78. The zero-order chi connectivity index (χ0) is 9.26. The molecule has 1 aromatic rings. The van der Waals surface area contributed by atoms with E-state index in [0.717, 1.165) is 5.92 Å². The molecule has 1 saturated carbocycles. The average molecular weight is 193 g/mol. The van der Waals surface area contributed by atoms with E-state index >= 15 is 0 Å². The van der Waals surface area contributed by atoms with Crippen LogP contribution >= 0.6 is 11.6 Å². The third-order valence-electron chi connectivity index (χ3n) is 2.48. The SMILES string of the molecule is C=Cc1cc(CCl)cc(C2CC2)c1. The monoisotopic (exact) mass is 192 g/mol. The second kappa shape index (κ2) is 3.55. The highest BCUT2D eigenvalue weighted by Gasteiger charge is 2.23. The van der Waals surface area contributed by atoms with Gasteiger partial charge in [-0.1, -0.05) is 30.9 Å². The van der Waals surface area contributed by atoms with Crippen molar-refractivity contribution in [2.45, 2.75) is 24.6 Å². The molecule has 0 aromatic heterocycles. The van der Waals surface area contributed by atoms with Crippen molar-refractivity contribution in [2.24, 2.45) is 0 Å². The van der Waals surface area contributed by atoms with Gasteiger partial charge in [0.25, 0.3) is 0 Å². The quantitative estimate of drug-likeness (QED) is 0.637. The highest BCUT2D eigenvalue weighted by Crippen LogP contribution is 2.40. The van der Waals surface area contributed by atoms with Gasteiger partial charge in [0.15, 0.2) is 0 Å². The third kappa shape index (κ3) is 1.94. The minimum absolute atomic E-state index is 0.599. The molecule has 68 valence electrons. The summed E-state index contributed by atoms with van der Waals surface area (Å²) >= 11 is 5.82. The maximum absolute atomic E-state index is 5.82. The zero-order valence-electron chi connectivity index (χ0n) is 7.59. The van der Waals surface area contributed by atoms with Crippen LogP contribution in [0.3, 0.4) is 0 Å². The molecule has 1 fully saturated rings. The predicted octanol–water partition coefficient (Wildman–Crippen LogP) is 3.95. The van der Waals surface area contributed by atoms with Crippen LogP contribution in [-0.4, -0.2) is 0 Å². The van der Waals surface area contributed by atoms with Crippen molar-refractivity contribution in [1.82, 2.24) is 0 Å². The molecular weight excluding hydrogens is 180 g/mol. The number of alkyl halides is 1. The zero-order valence-corrected chi connectivity index (χ0v) is 8.35. The van der Waals surface area contributed by atoms with Crippen LogP contribution in [0.4, 0.5) is 0 Å². The minimum atomic E-state index is 0.599. The van der Waals surface area contributed by atoms with Crippen LogP contribution in [0.25, 0.3) is 6.08 Å². The lowest BCUT2D eigenvalue weighted by Gasteiger charge is -2.04. The summed E-state index contributed by atoms with van der Waals surface area (Å²) in [5.41, 5.74) is 3.84. The van der Waals surface area contributed by atoms with Crippen molar-refractivity contribution >= 4 is 17.7 Å². The van der Waals surface area contributed by atoms with Gasteiger partial charge in [-0.3, -0.25) is 0 Å². The van der Waals surface area contributed by atoms with Gasteiger partial charge in [-0.05, 0) is 35.4 Å². The Hall–Kier alpha value is -0.750. The summed E-state index contributed by atoms with van der Waals surface area (Å²) in [6.45, 7) is 3.78. The summed E-state index contributed by atoms with van der Waals surface area (Å²) in [6.07, 6.45) is 4.56. The molecular formula is C12H13Cl. The van der Waals surface area contributed by atoms with Crippen molar-refractivity contribution in [3.63, 3.8) is 0 Å². The summed E-state index contributed by atoms with van der Waals surface area (Å²) < 4.78 is 0. The molecule has 0 spiro atoms. The van der Waals surface area contributed by atoms with Gasteiger partial charge in [0, 0.05) is 5.88 Å². The summed E-state index contributed by atoms with van der Waals surface area (Å²) in [4.78, 5) is 0. The van der Waals surface area contributed by atoms with Crippen LogP contribution in [0.15, 0.2) is 24.8 Å². The molecule has 1 heteroatoms. The molecule has 0 amide bonds. The van der Waals surface area contributed by atoms with Crippen molar-refractivity contribution in [3.05, 3.63) is 41.5 Å². The van der Waals surface area contributed by atoms with Crippen LogP contribution < -0.4 is 0 Å². The summed E-state index contributed by atoms with van der Waals surface area (Å²) in [6, 6.07) is 6.55. The smallest absolute Gasteiger partial charge is 0.0474 e. The first-order valence-electron chi connectivity index (χ1n) is 4.65. The number of benzene rings is 1. The molecule has 2 rings (SSSR count). The van der Waals surface area contributed by atoms with E-state index in [1.807, 2.05) is 6.08 Å². The highest BCUT2D eigenvalue weighted by molar-refractivity contribution is 6.17. The number of rotatable bonds is 3. The van der Waals surface area contributed by atoms with E-state index in [1.54, 1.807) is 0 Å². The van der Waals surface area contributed by atoms with Crippen LogP contribution in [0.1, 0.15) is 35.4 Å². The fraction of sp³-hybridized carbons (Fsp3) is 0.333. The van der Waals surface area contributed by atoms with Crippen LogP contribution in [0, 0.1) is 0 Å².